The summed E-state index contributed by atoms with van der Waals surface area (Å²) in [5, 5.41) is 6.54. The summed E-state index contributed by atoms with van der Waals surface area (Å²) in [4.78, 5) is 12.5. The van der Waals surface area contributed by atoms with Gasteiger partial charge >= 0.3 is 0 Å². The van der Waals surface area contributed by atoms with Gasteiger partial charge < -0.3 is 15.4 Å². The largest absolute Gasteiger partial charge is 0.381 e. The number of rotatable bonds is 4. The summed E-state index contributed by atoms with van der Waals surface area (Å²) < 4.78 is 6.65. The highest BCUT2D eigenvalue weighted by Gasteiger charge is 2.35. The molecule has 4 nitrogen and oxygen atoms in total. The van der Waals surface area contributed by atoms with Crippen molar-refractivity contribution >= 4 is 34.2 Å². The van der Waals surface area contributed by atoms with E-state index >= 15 is 0 Å². The Hall–Kier alpha value is -0.620. The molecule has 2 heterocycles. The van der Waals surface area contributed by atoms with Crippen LogP contribution in [0.25, 0.3) is 0 Å². The molecule has 0 radical (unpaired) electrons. The van der Waals surface area contributed by atoms with Gasteiger partial charge in [-0.2, -0.15) is 0 Å². The number of hydrogen-bond donors (Lipinski definition) is 2. The molecule has 6 heteroatoms. The second kappa shape index (κ2) is 9.18. The predicted octanol–water partition coefficient (Wildman–Crippen LogP) is 3.03. The van der Waals surface area contributed by atoms with Crippen LogP contribution in [0.2, 0.25) is 0 Å². The molecule has 0 saturated carbocycles. The lowest BCUT2D eigenvalue weighted by Gasteiger charge is -2.38. The Bertz CT molecular complexity index is 526. The van der Waals surface area contributed by atoms with E-state index in [4.69, 9.17) is 4.74 Å². The number of carbonyl (C=O) groups is 1. The highest BCUT2D eigenvalue weighted by atomic mass is 79.9. The average molecular weight is 418 g/mol. The van der Waals surface area contributed by atoms with Crippen molar-refractivity contribution in [2.24, 2.45) is 5.92 Å². The van der Waals surface area contributed by atoms with E-state index in [1.807, 2.05) is 0 Å². The number of piperidine rings is 1. The Balaban J connectivity index is 0.00000208. The monoisotopic (exact) mass is 416 g/mol. The van der Waals surface area contributed by atoms with Crippen LogP contribution in [-0.4, -0.2) is 38.8 Å². The van der Waals surface area contributed by atoms with Crippen molar-refractivity contribution < 1.29 is 9.53 Å². The maximum Gasteiger partial charge on any atom is 0.224 e. The number of carbonyl (C=O) groups excluding carboxylic acids is 1. The first-order valence-corrected chi connectivity index (χ1v) is 9.31. The molecule has 3 rings (SSSR count). The normalized spacial score (nSPS) is 23.1. The van der Waals surface area contributed by atoms with Gasteiger partial charge in [-0.3, -0.25) is 4.79 Å². The standard InChI is InChI=1S/C18H25BrN2O2.ClH/c19-16-5-3-15(4-6-16)18(7-10-23-11-8-18)13-21-17(22)14-2-1-9-20-12-14;/h3-6,14,20H,1-2,7-13H2,(H,21,22);1H. The summed E-state index contributed by atoms with van der Waals surface area (Å²) in [5.41, 5.74) is 1.29. The first-order valence-electron chi connectivity index (χ1n) is 8.52. The molecule has 1 atom stereocenters. The quantitative estimate of drug-likeness (QED) is 0.792. The van der Waals surface area contributed by atoms with Gasteiger partial charge in [0, 0.05) is 36.2 Å². The van der Waals surface area contributed by atoms with Crippen LogP contribution in [0.5, 0.6) is 0 Å². The van der Waals surface area contributed by atoms with Gasteiger partial charge in [0.2, 0.25) is 5.91 Å². The van der Waals surface area contributed by atoms with Crippen LogP contribution < -0.4 is 10.6 Å². The number of amides is 1. The molecule has 0 aromatic heterocycles. The van der Waals surface area contributed by atoms with E-state index in [1.165, 1.54) is 5.56 Å². The van der Waals surface area contributed by atoms with Gasteiger partial charge in [0.1, 0.15) is 0 Å². The van der Waals surface area contributed by atoms with Gasteiger partial charge in [-0.15, -0.1) is 12.4 Å². The van der Waals surface area contributed by atoms with Crippen molar-refractivity contribution in [3.05, 3.63) is 34.3 Å². The fraction of sp³-hybridized carbons (Fsp3) is 0.611. The zero-order valence-corrected chi connectivity index (χ0v) is 16.3. The van der Waals surface area contributed by atoms with Crippen LogP contribution in [0.4, 0.5) is 0 Å². The lowest BCUT2D eigenvalue weighted by Crippen LogP contribution is -2.48. The van der Waals surface area contributed by atoms with E-state index in [2.05, 4.69) is 50.8 Å². The maximum absolute atomic E-state index is 12.5. The highest BCUT2D eigenvalue weighted by molar-refractivity contribution is 9.10. The molecule has 2 aliphatic heterocycles. The Morgan fingerprint density at radius 1 is 1.29 bits per heavy atom. The van der Waals surface area contributed by atoms with Crippen molar-refractivity contribution in [2.75, 3.05) is 32.8 Å². The zero-order chi connectivity index (χ0) is 16.1. The minimum atomic E-state index is -0.00327. The number of ether oxygens (including phenoxy) is 1. The second-order valence-electron chi connectivity index (χ2n) is 6.66. The third-order valence-corrected chi connectivity index (χ3v) is 5.70. The molecule has 134 valence electrons. The zero-order valence-electron chi connectivity index (χ0n) is 13.9. The molecule has 1 amide bonds. The van der Waals surface area contributed by atoms with Crippen molar-refractivity contribution in [2.45, 2.75) is 31.1 Å². The molecule has 1 aromatic rings. The van der Waals surface area contributed by atoms with Crippen LogP contribution >= 0.6 is 28.3 Å². The minimum Gasteiger partial charge on any atom is -0.381 e. The Morgan fingerprint density at radius 3 is 2.62 bits per heavy atom. The average Bonchev–Trinajstić information content (AvgIpc) is 2.62. The molecule has 0 bridgehead atoms. The van der Waals surface area contributed by atoms with Crippen LogP contribution in [0.15, 0.2) is 28.7 Å². The van der Waals surface area contributed by atoms with Gasteiger partial charge in [-0.1, -0.05) is 28.1 Å². The molecular formula is C18H26BrClN2O2. The van der Waals surface area contributed by atoms with Crippen LogP contribution in [0.1, 0.15) is 31.2 Å². The lowest BCUT2D eigenvalue weighted by atomic mass is 9.74. The van der Waals surface area contributed by atoms with Crippen LogP contribution in [-0.2, 0) is 14.9 Å². The Labute approximate surface area is 158 Å². The Kier molecular flexibility index (Phi) is 7.54. The predicted molar refractivity (Wildman–Crippen MR) is 102 cm³/mol. The van der Waals surface area contributed by atoms with E-state index in [-0.39, 0.29) is 29.6 Å². The van der Waals surface area contributed by atoms with Crippen LogP contribution in [0.3, 0.4) is 0 Å². The summed E-state index contributed by atoms with van der Waals surface area (Å²) in [7, 11) is 0. The van der Waals surface area contributed by atoms with Gasteiger partial charge in [-0.25, -0.2) is 0 Å². The number of nitrogens with one attached hydrogen (secondary N) is 2. The van der Waals surface area contributed by atoms with E-state index in [0.29, 0.717) is 6.54 Å². The summed E-state index contributed by atoms with van der Waals surface area (Å²) in [6.45, 7) is 4.06. The van der Waals surface area contributed by atoms with Gasteiger partial charge in [0.05, 0.1) is 5.92 Å². The molecule has 1 aromatic carbocycles. The van der Waals surface area contributed by atoms with Crippen molar-refractivity contribution in [1.29, 1.82) is 0 Å². The first-order chi connectivity index (χ1) is 11.2. The number of halogens is 2. The number of benzene rings is 1. The fourth-order valence-corrected chi connectivity index (χ4v) is 3.87. The summed E-state index contributed by atoms with van der Waals surface area (Å²) in [5.74, 6) is 0.311. The lowest BCUT2D eigenvalue weighted by molar-refractivity contribution is -0.126. The van der Waals surface area contributed by atoms with Gasteiger partial charge in [0.15, 0.2) is 0 Å². The highest BCUT2D eigenvalue weighted by Crippen LogP contribution is 2.35. The van der Waals surface area contributed by atoms with Crippen molar-refractivity contribution in [1.82, 2.24) is 10.6 Å². The molecule has 1 unspecified atom stereocenters. The second-order valence-corrected chi connectivity index (χ2v) is 7.58. The molecule has 2 fully saturated rings. The van der Waals surface area contributed by atoms with E-state index < -0.39 is 0 Å². The third kappa shape index (κ3) is 4.72. The first kappa shape index (κ1) is 19.7. The number of hydrogen-bond acceptors (Lipinski definition) is 3. The molecule has 2 aliphatic rings. The molecule has 0 aliphatic carbocycles. The van der Waals surface area contributed by atoms with E-state index in [1.54, 1.807) is 0 Å². The molecular weight excluding hydrogens is 392 g/mol. The molecule has 0 spiro atoms. The fourth-order valence-electron chi connectivity index (χ4n) is 3.61. The minimum absolute atomic E-state index is 0. The topological polar surface area (TPSA) is 50.4 Å². The molecule has 2 N–H and O–H groups in total. The summed E-state index contributed by atoms with van der Waals surface area (Å²) in [6.07, 6.45) is 3.99. The van der Waals surface area contributed by atoms with Gasteiger partial charge in [0.25, 0.3) is 0 Å². The smallest absolute Gasteiger partial charge is 0.224 e. The van der Waals surface area contributed by atoms with Crippen molar-refractivity contribution in [3.63, 3.8) is 0 Å². The third-order valence-electron chi connectivity index (χ3n) is 5.18. The maximum atomic E-state index is 12.5. The summed E-state index contributed by atoms with van der Waals surface area (Å²) in [6, 6.07) is 8.51. The van der Waals surface area contributed by atoms with E-state index in [9.17, 15) is 4.79 Å². The van der Waals surface area contributed by atoms with Crippen LogP contribution in [0, 0.1) is 5.92 Å². The Morgan fingerprint density at radius 2 is 2.00 bits per heavy atom. The van der Waals surface area contributed by atoms with Crippen molar-refractivity contribution in [3.8, 4) is 0 Å². The molecule has 2 saturated heterocycles. The SMILES string of the molecule is Cl.O=C(NCC1(c2ccc(Br)cc2)CCOCC1)C1CCCNC1. The molecule has 24 heavy (non-hydrogen) atoms. The van der Waals surface area contributed by atoms with Gasteiger partial charge in [-0.05, 0) is 49.9 Å². The summed E-state index contributed by atoms with van der Waals surface area (Å²) >= 11 is 3.50. The van der Waals surface area contributed by atoms with E-state index in [0.717, 1.165) is 56.5 Å².